The molecule has 1 N–H and O–H groups in total. The van der Waals surface area contributed by atoms with Gasteiger partial charge in [-0.1, -0.05) is 30.3 Å². The number of amides is 1. The Morgan fingerprint density at radius 3 is 1.88 bits per heavy atom. The van der Waals surface area contributed by atoms with E-state index in [0.29, 0.717) is 16.9 Å². The fourth-order valence-corrected chi connectivity index (χ4v) is 3.20. The number of hydrogen-bond donors (Lipinski definition) is 1. The number of nitrogens with one attached hydrogen (secondary N) is 1. The van der Waals surface area contributed by atoms with E-state index in [1.54, 1.807) is 6.07 Å². The van der Waals surface area contributed by atoms with Crippen LogP contribution in [0.15, 0.2) is 30.3 Å². The summed E-state index contributed by atoms with van der Waals surface area (Å²) in [6, 6.07) is 7.59. The number of aryl methyl sites for hydroxylation is 1. The van der Waals surface area contributed by atoms with Gasteiger partial charge in [-0.25, -0.2) is 13.8 Å². The van der Waals surface area contributed by atoms with Crippen molar-refractivity contribution < 1.29 is 57.5 Å². The molecule has 3 nitrogen and oxygen atoms in total. The van der Waals surface area contributed by atoms with Gasteiger partial charge in [-0.15, -0.1) is 11.3 Å². The van der Waals surface area contributed by atoms with Gasteiger partial charge in [0, 0.05) is 10.4 Å². The first-order valence-electron chi connectivity index (χ1n) is 8.34. The minimum Gasteiger partial charge on any atom is -0.296 e. The number of thiazole rings is 1. The van der Waals surface area contributed by atoms with Crippen molar-refractivity contribution in [2.75, 3.05) is 5.32 Å². The number of anilines is 1. The fourth-order valence-electron chi connectivity index (χ4n) is 2.37. The van der Waals surface area contributed by atoms with Crippen molar-refractivity contribution in [1.29, 1.82) is 0 Å². The molecule has 0 saturated heterocycles. The first kappa shape index (κ1) is 26.7. The number of aromatic nitrogens is 1. The Morgan fingerprint density at radius 2 is 1.39 bits per heavy atom. The minimum absolute atomic E-state index is 0.0550. The van der Waals surface area contributed by atoms with E-state index in [1.165, 1.54) is 31.2 Å². The number of nitrogens with zero attached hydrogens (tertiary/aromatic N) is 1. The lowest BCUT2D eigenvalue weighted by atomic mass is 9.94. The normalized spacial score (nSPS) is 14.0. The predicted molar refractivity (Wildman–Crippen MR) is 91.7 cm³/mol. The van der Waals surface area contributed by atoms with Crippen LogP contribution in [0.25, 0.3) is 11.3 Å². The second-order valence-electron chi connectivity index (χ2n) is 6.47. The molecule has 1 heterocycles. The quantitative estimate of drug-likeness (QED) is 0.406. The molecule has 1 amide bonds. The summed E-state index contributed by atoms with van der Waals surface area (Å²) in [5.41, 5.74) is 0.420. The van der Waals surface area contributed by atoms with Gasteiger partial charge < -0.3 is 0 Å². The highest BCUT2D eigenvalue weighted by atomic mass is 32.1. The maximum absolute atomic E-state index is 13.9. The molecule has 0 spiro atoms. The van der Waals surface area contributed by atoms with E-state index in [2.05, 4.69) is 4.98 Å². The molecule has 0 aliphatic heterocycles. The molecule has 0 aliphatic rings. The van der Waals surface area contributed by atoms with Gasteiger partial charge in [0.1, 0.15) is 0 Å². The zero-order valence-corrected chi connectivity index (χ0v) is 16.6. The van der Waals surface area contributed by atoms with Crippen LogP contribution in [-0.2, 0) is 4.79 Å². The molecule has 184 valence electrons. The molecule has 16 heteroatoms. The first-order valence-corrected chi connectivity index (χ1v) is 9.15. The van der Waals surface area contributed by atoms with E-state index >= 15 is 0 Å². The molecule has 1 aromatic heterocycles. The van der Waals surface area contributed by atoms with Crippen molar-refractivity contribution >= 4 is 22.4 Å². The smallest absolute Gasteiger partial charge is 0.296 e. The van der Waals surface area contributed by atoms with Gasteiger partial charge in [0.25, 0.3) is 0 Å². The Labute approximate surface area is 180 Å². The molecule has 2 aromatic rings. The monoisotopic (exact) mass is 518 g/mol. The second kappa shape index (κ2) is 8.36. The van der Waals surface area contributed by atoms with E-state index in [4.69, 9.17) is 0 Å². The fraction of sp³-hybridized carbons (Fsp3) is 0.412. The molecule has 2 rings (SSSR count). The van der Waals surface area contributed by atoms with E-state index in [9.17, 15) is 57.5 Å². The SMILES string of the molecule is Cc1sc(NC(=O)C(F)(F)C(F)(F)C(F)(F)C(F)(F)C(F)(F)C(F)F)nc1-c1ccccc1. The number of alkyl halides is 12. The van der Waals surface area contributed by atoms with Crippen LogP contribution in [0.2, 0.25) is 0 Å². The third kappa shape index (κ3) is 4.12. The van der Waals surface area contributed by atoms with Gasteiger partial charge >= 0.3 is 41.9 Å². The highest BCUT2D eigenvalue weighted by molar-refractivity contribution is 7.16. The largest absolute Gasteiger partial charge is 0.393 e. The van der Waals surface area contributed by atoms with Crippen molar-refractivity contribution in [2.24, 2.45) is 0 Å². The van der Waals surface area contributed by atoms with Crippen LogP contribution in [0.4, 0.5) is 57.8 Å². The summed E-state index contributed by atoms with van der Waals surface area (Å²) in [4.78, 5) is 15.5. The number of rotatable bonds is 8. The van der Waals surface area contributed by atoms with E-state index in [-0.39, 0.29) is 10.6 Å². The van der Waals surface area contributed by atoms with Crippen LogP contribution in [-0.4, -0.2) is 46.9 Å². The van der Waals surface area contributed by atoms with Gasteiger partial charge in [-0.3, -0.25) is 10.1 Å². The lowest BCUT2D eigenvalue weighted by molar-refractivity contribution is -0.406. The molecule has 33 heavy (non-hydrogen) atoms. The summed E-state index contributed by atoms with van der Waals surface area (Å²) in [6.45, 7) is 1.35. The van der Waals surface area contributed by atoms with Gasteiger partial charge in [-0.2, -0.15) is 43.9 Å². The second-order valence-corrected chi connectivity index (χ2v) is 7.67. The third-order valence-corrected chi connectivity index (χ3v) is 5.11. The summed E-state index contributed by atoms with van der Waals surface area (Å²) in [7, 11) is 0. The van der Waals surface area contributed by atoms with Crippen LogP contribution >= 0.6 is 11.3 Å². The highest BCUT2D eigenvalue weighted by Gasteiger charge is 2.89. The third-order valence-electron chi connectivity index (χ3n) is 4.23. The lowest BCUT2D eigenvalue weighted by Crippen LogP contribution is -2.70. The van der Waals surface area contributed by atoms with Crippen molar-refractivity contribution in [3.05, 3.63) is 35.2 Å². The molecular weight excluding hydrogens is 508 g/mol. The predicted octanol–water partition coefficient (Wildman–Crippen LogP) is 6.50. The molecule has 0 radical (unpaired) electrons. The number of hydrogen-bond acceptors (Lipinski definition) is 3. The van der Waals surface area contributed by atoms with Crippen molar-refractivity contribution in [2.45, 2.75) is 43.0 Å². The number of carbonyl (C=O) groups excluding carboxylic acids is 1. The van der Waals surface area contributed by atoms with E-state index in [1.807, 2.05) is 0 Å². The number of carbonyl (C=O) groups is 1. The zero-order valence-electron chi connectivity index (χ0n) is 15.8. The topological polar surface area (TPSA) is 42.0 Å². The standard InChI is InChI=1S/C17H10F12N2OS/c1-7-9(8-5-3-2-4-6-8)30-12(33-7)31-11(32)14(22,23)16(26,27)17(28,29)15(24,25)13(20,21)10(18)19/h2-6,10H,1H3,(H,30,31,32). The van der Waals surface area contributed by atoms with E-state index in [0.717, 1.165) is 5.32 Å². The maximum Gasteiger partial charge on any atom is 0.393 e. The molecule has 0 atom stereocenters. The lowest BCUT2D eigenvalue weighted by Gasteiger charge is -2.38. The molecule has 1 aromatic carbocycles. The van der Waals surface area contributed by atoms with Crippen molar-refractivity contribution in [3.63, 3.8) is 0 Å². The minimum atomic E-state index is -7.78. The van der Waals surface area contributed by atoms with Crippen LogP contribution < -0.4 is 5.32 Å². The average molecular weight is 518 g/mol. The summed E-state index contributed by atoms with van der Waals surface area (Å²) < 4.78 is 159. The van der Waals surface area contributed by atoms with Gasteiger partial charge in [0.2, 0.25) is 0 Å². The summed E-state index contributed by atoms with van der Waals surface area (Å²) in [5.74, 6) is -40.2. The van der Waals surface area contributed by atoms with Crippen LogP contribution in [0.3, 0.4) is 0 Å². The molecule has 0 aliphatic carbocycles. The molecule has 0 bridgehead atoms. The Morgan fingerprint density at radius 1 is 0.879 bits per heavy atom. The average Bonchev–Trinajstić information content (AvgIpc) is 3.07. The molecule has 0 unspecified atom stereocenters. The Bertz CT molecular complexity index is 1010. The number of benzene rings is 1. The van der Waals surface area contributed by atoms with Crippen LogP contribution in [0.5, 0.6) is 0 Å². The highest BCUT2D eigenvalue weighted by Crippen LogP contribution is 2.58. The Kier molecular flexibility index (Phi) is 6.77. The van der Waals surface area contributed by atoms with Gasteiger partial charge in [0.05, 0.1) is 5.69 Å². The van der Waals surface area contributed by atoms with Crippen molar-refractivity contribution in [1.82, 2.24) is 4.98 Å². The van der Waals surface area contributed by atoms with Crippen molar-refractivity contribution in [3.8, 4) is 11.3 Å². The molecule has 0 saturated carbocycles. The van der Waals surface area contributed by atoms with Gasteiger partial charge in [0.15, 0.2) is 5.13 Å². The summed E-state index contributed by atoms with van der Waals surface area (Å²) in [6.07, 6.45) is -5.62. The summed E-state index contributed by atoms with van der Waals surface area (Å²) >= 11 is 0.409. The molecule has 0 fully saturated rings. The van der Waals surface area contributed by atoms with E-state index < -0.39 is 47.1 Å². The van der Waals surface area contributed by atoms with Gasteiger partial charge in [-0.05, 0) is 6.92 Å². The maximum atomic E-state index is 13.9. The molecular formula is C17H10F12N2OS. The zero-order chi connectivity index (χ0) is 25.6. The first-order chi connectivity index (χ1) is 14.8. The van der Waals surface area contributed by atoms with Crippen LogP contribution in [0, 0.1) is 6.92 Å². The Hall–Kier alpha value is -2.52. The summed E-state index contributed by atoms with van der Waals surface area (Å²) in [5, 5.41) is 0.182. The number of halogens is 12. The Balaban J connectivity index is 2.39. The van der Waals surface area contributed by atoms with Crippen LogP contribution in [0.1, 0.15) is 4.88 Å².